The average Bonchev–Trinajstić information content (AvgIpc) is 3.60. The van der Waals surface area contributed by atoms with E-state index in [9.17, 15) is 19.2 Å². The zero-order chi connectivity index (χ0) is 47.9. The van der Waals surface area contributed by atoms with Crippen molar-refractivity contribution in [3.8, 4) is 0 Å². The summed E-state index contributed by atoms with van der Waals surface area (Å²) in [5, 5.41) is 0. The standard InChI is InChI=1S/C52H66I6O8/c1-30(2)7-6-8-31(3)40-13-14-41-37-10-9-32-23-35(19-21-51(32,4)42(37)20-22-52(40,41)5)65-49(61)17-18-50(62)66-36(28-63-47(59)15-11-38-43(55)24-33(53)25-44(38)56)29-64-48(60)16-12-39-45(57)26-34(54)27-46(39)58/h9,24-27,30-31,35-37,40-42H,6-8,10-23,28-29H2,1-5H3/t31-,35+,37?,40-,41?,42?,51+,52-/m1/s1. The Kier molecular flexibility index (Phi) is 21.5. The molecular formula is C52H66I6O8. The largest absolute Gasteiger partial charge is 0.462 e. The van der Waals surface area contributed by atoms with E-state index in [4.69, 9.17) is 18.9 Å². The van der Waals surface area contributed by atoms with Gasteiger partial charge >= 0.3 is 23.9 Å². The monoisotopic (exact) mass is 1580 g/mol. The van der Waals surface area contributed by atoms with Crippen LogP contribution >= 0.6 is 136 Å². The zero-order valence-corrected chi connectivity index (χ0v) is 51.9. The van der Waals surface area contributed by atoms with Gasteiger partial charge in [-0.05, 0) is 275 Å². The molecule has 4 aliphatic carbocycles. The summed E-state index contributed by atoms with van der Waals surface area (Å²) in [6.07, 6.45) is 15.4. The molecule has 0 N–H and O–H groups in total. The van der Waals surface area contributed by atoms with Gasteiger partial charge in [-0.1, -0.05) is 65.5 Å². The molecule has 3 fully saturated rings. The van der Waals surface area contributed by atoms with E-state index in [0.717, 1.165) is 87.8 Å². The Hall–Kier alpha value is 0.440. The lowest BCUT2D eigenvalue weighted by molar-refractivity contribution is -0.168. The van der Waals surface area contributed by atoms with Crippen molar-refractivity contribution in [2.24, 2.45) is 46.3 Å². The highest BCUT2D eigenvalue weighted by Crippen LogP contribution is 2.67. The van der Waals surface area contributed by atoms with Crippen LogP contribution in [0.15, 0.2) is 35.9 Å². The van der Waals surface area contributed by atoms with Crippen molar-refractivity contribution >= 4 is 159 Å². The van der Waals surface area contributed by atoms with Gasteiger partial charge in [0.25, 0.3) is 0 Å². The lowest BCUT2D eigenvalue weighted by Crippen LogP contribution is -2.51. The van der Waals surface area contributed by atoms with Crippen molar-refractivity contribution in [3.05, 3.63) is 68.5 Å². The number of fused-ring (bicyclic) bond motifs is 5. The third-order valence-electron chi connectivity index (χ3n) is 15.6. The Morgan fingerprint density at radius 3 is 1.79 bits per heavy atom. The van der Waals surface area contributed by atoms with Crippen LogP contribution in [0.4, 0.5) is 0 Å². The molecule has 0 aromatic heterocycles. The Balaban J connectivity index is 0.991. The smallest absolute Gasteiger partial charge is 0.306 e. The molecule has 0 bridgehead atoms. The van der Waals surface area contributed by atoms with E-state index >= 15 is 0 Å². The van der Waals surface area contributed by atoms with E-state index in [0.29, 0.717) is 24.2 Å². The normalized spacial score (nSPS) is 26.2. The molecule has 8 atom stereocenters. The molecule has 364 valence electrons. The number of rotatable bonds is 20. The molecule has 0 radical (unpaired) electrons. The fraction of sp³-hybridized carbons (Fsp3) is 0.654. The quantitative estimate of drug-likeness (QED) is 0.0559. The first-order valence-corrected chi connectivity index (χ1v) is 30.4. The topological polar surface area (TPSA) is 105 Å². The fourth-order valence-electron chi connectivity index (χ4n) is 12.2. The predicted molar refractivity (Wildman–Crippen MR) is 310 cm³/mol. The maximum atomic E-state index is 13.3. The lowest BCUT2D eigenvalue weighted by atomic mass is 9.47. The molecule has 2 aromatic rings. The second-order valence-electron chi connectivity index (χ2n) is 20.3. The molecule has 66 heavy (non-hydrogen) atoms. The summed E-state index contributed by atoms with van der Waals surface area (Å²) in [7, 11) is 0. The summed E-state index contributed by atoms with van der Waals surface area (Å²) in [4.78, 5) is 52.4. The minimum atomic E-state index is -1.03. The highest BCUT2D eigenvalue weighted by molar-refractivity contribution is 14.1. The molecular weight excluding hydrogens is 1510 g/mol. The Labute approximate surface area is 475 Å². The van der Waals surface area contributed by atoms with Gasteiger partial charge in [0.2, 0.25) is 0 Å². The van der Waals surface area contributed by atoms with Gasteiger partial charge in [-0.15, -0.1) is 0 Å². The van der Waals surface area contributed by atoms with Gasteiger partial charge in [0.15, 0.2) is 6.10 Å². The molecule has 3 unspecified atom stereocenters. The van der Waals surface area contributed by atoms with Crippen LogP contribution in [-0.4, -0.2) is 49.3 Å². The average molecular weight is 1580 g/mol. The van der Waals surface area contributed by atoms with E-state index in [1.807, 2.05) is 0 Å². The van der Waals surface area contributed by atoms with E-state index in [1.165, 1.54) is 50.5 Å². The number of halogens is 6. The van der Waals surface area contributed by atoms with Crippen molar-refractivity contribution in [3.63, 3.8) is 0 Å². The van der Waals surface area contributed by atoms with Gasteiger partial charge in [0.1, 0.15) is 19.3 Å². The molecule has 2 aromatic carbocycles. The Morgan fingerprint density at radius 2 is 1.23 bits per heavy atom. The summed E-state index contributed by atoms with van der Waals surface area (Å²) in [5.41, 5.74) is 4.21. The number of benzene rings is 2. The van der Waals surface area contributed by atoms with Crippen molar-refractivity contribution in [1.29, 1.82) is 0 Å². The van der Waals surface area contributed by atoms with Gasteiger partial charge in [-0.25, -0.2) is 0 Å². The first kappa shape index (κ1) is 55.7. The number of esters is 4. The highest BCUT2D eigenvalue weighted by atomic mass is 127. The van der Waals surface area contributed by atoms with Gasteiger partial charge in [-0.3, -0.25) is 19.2 Å². The van der Waals surface area contributed by atoms with Crippen LogP contribution in [0.5, 0.6) is 0 Å². The number of carbonyl (C=O) groups is 4. The molecule has 8 nitrogen and oxygen atoms in total. The predicted octanol–water partition coefficient (Wildman–Crippen LogP) is 14.6. The number of allylic oxidation sites excluding steroid dienone is 1. The summed E-state index contributed by atoms with van der Waals surface area (Å²) in [6.45, 7) is 11.8. The van der Waals surface area contributed by atoms with E-state index in [1.54, 1.807) is 0 Å². The number of carbonyl (C=O) groups excluding carboxylic acids is 4. The van der Waals surface area contributed by atoms with Crippen LogP contribution in [-0.2, 0) is 51.0 Å². The van der Waals surface area contributed by atoms with E-state index in [-0.39, 0.29) is 50.4 Å². The van der Waals surface area contributed by atoms with Crippen LogP contribution < -0.4 is 0 Å². The van der Waals surface area contributed by atoms with Crippen molar-refractivity contribution in [1.82, 2.24) is 0 Å². The van der Waals surface area contributed by atoms with Gasteiger partial charge < -0.3 is 18.9 Å². The Morgan fingerprint density at radius 1 is 0.667 bits per heavy atom. The second kappa shape index (κ2) is 25.4. The maximum Gasteiger partial charge on any atom is 0.306 e. The minimum Gasteiger partial charge on any atom is -0.462 e. The number of hydrogen-bond donors (Lipinski definition) is 0. The van der Waals surface area contributed by atoms with Gasteiger partial charge in [0.05, 0.1) is 12.8 Å². The van der Waals surface area contributed by atoms with Crippen LogP contribution in [0.3, 0.4) is 0 Å². The number of hydrogen-bond acceptors (Lipinski definition) is 8. The molecule has 0 spiro atoms. The van der Waals surface area contributed by atoms with Gasteiger partial charge in [0, 0.05) is 40.7 Å². The fourth-order valence-corrected chi connectivity index (χ4v) is 20.4. The van der Waals surface area contributed by atoms with Crippen molar-refractivity contribution in [2.45, 2.75) is 156 Å². The van der Waals surface area contributed by atoms with Crippen molar-refractivity contribution in [2.75, 3.05) is 13.2 Å². The van der Waals surface area contributed by atoms with Crippen LogP contribution in [0.2, 0.25) is 0 Å². The third-order valence-corrected chi connectivity index (χ3v) is 20.7. The van der Waals surface area contributed by atoms with Crippen LogP contribution in [0, 0.1) is 67.8 Å². The SMILES string of the molecule is CC(C)CCC[C@@H](C)[C@H]1CCC2C3CC=C4C[C@@H](OC(=O)CCC(=O)OC(COC(=O)CCc5c(I)cc(I)cc5I)COC(=O)CCc5c(I)cc(I)cc5I)CC[C@]4(C)C3CC[C@@]21C. The molecule has 6 rings (SSSR count). The summed E-state index contributed by atoms with van der Waals surface area (Å²) < 4.78 is 29.5. The summed E-state index contributed by atoms with van der Waals surface area (Å²) >= 11 is 13.7. The molecule has 0 heterocycles. The van der Waals surface area contributed by atoms with Crippen LogP contribution in [0.25, 0.3) is 0 Å². The second-order valence-corrected chi connectivity index (χ2v) is 27.5. The van der Waals surface area contributed by atoms with Gasteiger partial charge in [-0.2, -0.15) is 0 Å². The number of ether oxygens (including phenoxy) is 4. The molecule has 14 heteroatoms. The molecule has 4 aliphatic rings. The molecule has 0 amide bonds. The lowest BCUT2D eigenvalue weighted by Gasteiger charge is -2.58. The zero-order valence-electron chi connectivity index (χ0n) is 39.0. The summed E-state index contributed by atoms with van der Waals surface area (Å²) in [6, 6.07) is 8.28. The first-order chi connectivity index (χ1) is 31.3. The molecule has 3 saturated carbocycles. The Bertz CT molecular complexity index is 1980. The molecule has 0 aliphatic heterocycles. The minimum absolute atomic E-state index is 0.124. The van der Waals surface area contributed by atoms with Crippen molar-refractivity contribution < 1.29 is 38.1 Å². The van der Waals surface area contributed by atoms with Crippen LogP contribution in [0.1, 0.15) is 142 Å². The first-order valence-electron chi connectivity index (χ1n) is 23.9. The molecule has 0 saturated heterocycles. The highest BCUT2D eigenvalue weighted by Gasteiger charge is 2.59. The van der Waals surface area contributed by atoms with E-state index < -0.39 is 30.0 Å². The maximum absolute atomic E-state index is 13.3. The third kappa shape index (κ3) is 14.6. The summed E-state index contributed by atoms with van der Waals surface area (Å²) in [5.74, 6) is 2.68. The van der Waals surface area contributed by atoms with E-state index in [2.05, 4.69) is 201 Å².